The van der Waals surface area contributed by atoms with Crippen molar-refractivity contribution in [3.05, 3.63) is 136 Å². The van der Waals surface area contributed by atoms with Crippen LogP contribution in [0.3, 0.4) is 0 Å². The Kier molecular flexibility index (Phi) is 6.09. The lowest BCUT2D eigenvalue weighted by atomic mass is 9.47. The van der Waals surface area contributed by atoms with Gasteiger partial charge in [0.1, 0.15) is 0 Å². The summed E-state index contributed by atoms with van der Waals surface area (Å²) in [6, 6.07) is 32.6. The molecule has 1 saturated heterocycles. The Morgan fingerprint density at radius 2 is 1.44 bits per heavy atom. The van der Waals surface area contributed by atoms with Crippen LogP contribution in [-0.2, 0) is 26.2 Å². The number of carbonyl (C=O) groups is 3. The number of halogens is 1. The summed E-state index contributed by atoms with van der Waals surface area (Å²) in [6.45, 7) is 0. The average Bonchev–Trinajstić information content (AvgIpc) is 3.27. The Morgan fingerprint density at radius 1 is 0.829 bits per heavy atom. The molecule has 3 amide bonds. The van der Waals surface area contributed by atoms with Crippen molar-refractivity contribution in [1.82, 2.24) is 5.43 Å². The Hall–Kier alpha value is -4.55. The van der Waals surface area contributed by atoms with Gasteiger partial charge in [-0.05, 0) is 46.4 Å². The highest BCUT2D eigenvalue weighted by atomic mass is 35.5. The van der Waals surface area contributed by atoms with Crippen molar-refractivity contribution in [2.75, 3.05) is 4.90 Å². The van der Waals surface area contributed by atoms with Crippen LogP contribution in [0.2, 0.25) is 5.02 Å². The summed E-state index contributed by atoms with van der Waals surface area (Å²) in [4.78, 5) is 42.6. The molecule has 0 saturated carbocycles. The van der Waals surface area contributed by atoms with E-state index in [1.54, 1.807) is 30.5 Å². The molecule has 202 valence electrons. The fraction of sp³-hybridized carbons (Fsp3) is 0.176. The number of hydrogen-bond donors (Lipinski definition) is 1. The first-order chi connectivity index (χ1) is 20.0. The smallest absolute Gasteiger partial charge is 0.240 e. The van der Waals surface area contributed by atoms with Crippen molar-refractivity contribution in [2.45, 2.75) is 24.2 Å². The maximum atomic E-state index is 14.4. The number of carbonyl (C=O) groups excluding carboxylic acids is 3. The number of hydrogen-bond acceptors (Lipinski definition) is 4. The number of imide groups is 1. The molecular formula is C34H26ClN3O3. The van der Waals surface area contributed by atoms with Crippen molar-refractivity contribution in [3.8, 4) is 0 Å². The second-order valence-corrected chi connectivity index (χ2v) is 11.2. The molecule has 8 rings (SSSR count). The number of nitrogens with zero attached hydrogens (tertiary/aromatic N) is 2. The van der Waals surface area contributed by atoms with Crippen molar-refractivity contribution in [2.24, 2.45) is 16.9 Å². The largest absolute Gasteiger partial charge is 0.274 e. The van der Waals surface area contributed by atoms with Crippen LogP contribution in [0.4, 0.5) is 5.69 Å². The first kappa shape index (κ1) is 25.4. The van der Waals surface area contributed by atoms with E-state index in [0.29, 0.717) is 17.1 Å². The summed E-state index contributed by atoms with van der Waals surface area (Å²) in [6.07, 6.45) is 2.54. The molecule has 0 radical (unpaired) electrons. The molecule has 1 fully saturated rings. The minimum Gasteiger partial charge on any atom is -0.274 e. The van der Waals surface area contributed by atoms with E-state index in [4.69, 9.17) is 11.6 Å². The second kappa shape index (κ2) is 9.82. The van der Waals surface area contributed by atoms with Gasteiger partial charge < -0.3 is 0 Å². The van der Waals surface area contributed by atoms with Crippen LogP contribution < -0.4 is 10.3 Å². The number of rotatable bonds is 6. The molecule has 4 aromatic rings. The van der Waals surface area contributed by atoms with Crippen LogP contribution in [0, 0.1) is 11.8 Å². The summed E-state index contributed by atoms with van der Waals surface area (Å²) < 4.78 is 0. The van der Waals surface area contributed by atoms with Gasteiger partial charge in [-0.1, -0.05) is 103 Å². The van der Waals surface area contributed by atoms with Gasteiger partial charge in [-0.15, -0.1) is 0 Å². The fourth-order valence-electron chi connectivity index (χ4n) is 7.08. The number of hydrazone groups is 1. The minimum absolute atomic E-state index is 0.226. The number of anilines is 1. The second-order valence-electron chi connectivity index (χ2n) is 10.8. The Morgan fingerprint density at radius 3 is 2.12 bits per heavy atom. The highest BCUT2D eigenvalue weighted by Gasteiger charge is 2.68. The number of nitrogens with one attached hydrogen (secondary N) is 1. The lowest BCUT2D eigenvalue weighted by Gasteiger charge is -2.52. The molecule has 0 spiro atoms. The average molecular weight is 560 g/mol. The van der Waals surface area contributed by atoms with Crippen LogP contribution in [0.15, 0.2) is 108 Å². The maximum Gasteiger partial charge on any atom is 0.240 e. The van der Waals surface area contributed by atoms with Gasteiger partial charge in [-0.25, -0.2) is 10.3 Å². The summed E-state index contributed by atoms with van der Waals surface area (Å²) in [5, 5.41) is 4.81. The zero-order valence-corrected chi connectivity index (χ0v) is 22.8. The Balaban J connectivity index is 1.33. The zero-order valence-electron chi connectivity index (χ0n) is 22.0. The van der Waals surface area contributed by atoms with Gasteiger partial charge in [0.2, 0.25) is 17.7 Å². The van der Waals surface area contributed by atoms with Crippen LogP contribution in [0.5, 0.6) is 0 Å². The van der Waals surface area contributed by atoms with Crippen molar-refractivity contribution in [1.29, 1.82) is 0 Å². The lowest BCUT2D eigenvalue weighted by Crippen LogP contribution is -2.54. The fourth-order valence-corrected chi connectivity index (χ4v) is 7.31. The van der Waals surface area contributed by atoms with Gasteiger partial charge in [0, 0.05) is 18.6 Å². The molecule has 4 aliphatic rings. The molecule has 6 nitrogen and oxygen atoms in total. The molecule has 41 heavy (non-hydrogen) atoms. The van der Waals surface area contributed by atoms with Crippen LogP contribution >= 0.6 is 11.6 Å². The lowest BCUT2D eigenvalue weighted by molar-refractivity contribution is -0.123. The molecule has 0 unspecified atom stereocenters. The number of para-hydroxylation sites is 1. The van der Waals surface area contributed by atoms with Crippen molar-refractivity contribution >= 4 is 41.2 Å². The van der Waals surface area contributed by atoms with E-state index < -0.39 is 17.3 Å². The van der Waals surface area contributed by atoms with E-state index in [1.165, 1.54) is 4.90 Å². The first-order valence-electron chi connectivity index (χ1n) is 13.7. The number of aryl methyl sites for hydroxylation is 1. The third kappa shape index (κ3) is 3.78. The standard InChI is InChI=1S/C34H26ClN3O3/c35-26-16-8-9-17-27(26)38-32(40)30-29-22-12-4-6-14-24(22)34(31(30)33(38)41,25-15-7-5-13-23(25)29)20-36-37-28(39)19-18-21-10-2-1-3-11-21/h1-17,20,29-31H,18-19H2,(H,37,39)/b36-20-/t29?,30-,31-,34?/m0/s1. The molecule has 2 atom stereocenters. The van der Waals surface area contributed by atoms with Crippen molar-refractivity contribution < 1.29 is 14.4 Å². The monoisotopic (exact) mass is 559 g/mol. The molecule has 1 heterocycles. The van der Waals surface area contributed by atoms with Crippen LogP contribution in [0.25, 0.3) is 0 Å². The summed E-state index contributed by atoms with van der Waals surface area (Å²) in [5.41, 5.74) is 6.93. The first-order valence-corrected chi connectivity index (χ1v) is 14.1. The molecule has 7 heteroatoms. The van der Waals surface area contributed by atoms with Gasteiger partial charge in [0.05, 0.1) is 28.0 Å². The zero-order chi connectivity index (χ0) is 28.1. The van der Waals surface area contributed by atoms with E-state index in [0.717, 1.165) is 27.8 Å². The highest BCUT2D eigenvalue weighted by molar-refractivity contribution is 6.36. The van der Waals surface area contributed by atoms with E-state index in [2.05, 4.69) is 10.5 Å². The van der Waals surface area contributed by atoms with Gasteiger partial charge in [-0.2, -0.15) is 5.10 Å². The molecule has 0 aromatic heterocycles. The predicted octanol–water partition coefficient (Wildman–Crippen LogP) is 5.63. The van der Waals surface area contributed by atoms with Gasteiger partial charge in [0.25, 0.3) is 0 Å². The number of benzene rings is 4. The van der Waals surface area contributed by atoms with Crippen molar-refractivity contribution in [3.63, 3.8) is 0 Å². The van der Waals surface area contributed by atoms with Gasteiger partial charge in [-0.3, -0.25) is 14.4 Å². The van der Waals surface area contributed by atoms with Gasteiger partial charge in [0.15, 0.2) is 0 Å². The number of amides is 3. The Labute approximate surface area is 242 Å². The molecule has 3 aliphatic carbocycles. The predicted molar refractivity (Wildman–Crippen MR) is 158 cm³/mol. The molecule has 1 N–H and O–H groups in total. The maximum absolute atomic E-state index is 14.4. The summed E-state index contributed by atoms with van der Waals surface area (Å²) >= 11 is 6.51. The SMILES string of the molecule is O=C(CCc1ccccc1)N/N=C\C12c3ccccc3C(c3ccccc31)[C@@H]1C(=O)N(c3ccccc3Cl)C(=O)[C@H]12. The third-order valence-electron chi connectivity index (χ3n) is 8.72. The molecule has 1 aliphatic heterocycles. The molecule has 4 aromatic carbocycles. The molecule has 2 bridgehead atoms. The summed E-state index contributed by atoms with van der Waals surface area (Å²) in [7, 11) is 0. The van der Waals surface area contributed by atoms with E-state index in [9.17, 15) is 14.4 Å². The van der Waals surface area contributed by atoms with Gasteiger partial charge >= 0.3 is 0 Å². The minimum atomic E-state index is -1.05. The quantitative estimate of drug-likeness (QED) is 0.189. The van der Waals surface area contributed by atoms with Crippen LogP contribution in [-0.4, -0.2) is 23.9 Å². The van der Waals surface area contributed by atoms with E-state index in [-0.39, 0.29) is 30.1 Å². The van der Waals surface area contributed by atoms with E-state index in [1.807, 2.05) is 78.9 Å². The van der Waals surface area contributed by atoms with E-state index >= 15 is 0 Å². The molecular weight excluding hydrogens is 534 g/mol. The summed E-state index contributed by atoms with van der Waals surface area (Å²) in [5.74, 6) is -2.48. The van der Waals surface area contributed by atoms with Crippen LogP contribution in [0.1, 0.15) is 40.2 Å². The third-order valence-corrected chi connectivity index (χ3v) is 9.04. The Bertz CT molecular complexity index is 1690. The normalized spacial score (nSPS) is 23.8. The topological polar surface area (TPSA) is 78.8 Å². The highest BCUT2D eigenvalue weighted by Crippen LogP contribution is 2.63.